The fourth-order valence-corrected chi connectivity index (χ4v) is 2.47. The number of anilines is 1. The lowest BCUT2D eigenvalue weighted by molar-refractivity contribution is 0.0945. The van der Waals surface area contributed by atoms with Crippen LogP contribution in [0.3, 0.4) is 0 Å². The Morgan fingerprint density at radius 1 is 1.65 bits per heavy atom. The molecule has 1 fully saturated rings. The predicted molar refractivity (Wildman–Crippen MR) is 66.5 cm³/mol. The topological polar surface area (TPSA) is 72.9 Å². The maximum atomic E-state index is 11.9. The highest BCUT2D eigenvalue weighted by molar-refractivity contribution is 5.98. The predicted octanol–water partition coefficient (Wildman–Crippen LogP) is 1.17. The normalized spacial score (nSPS) is 23.9. The zero-order valence-corrected chi connectivity index (χ0v) is 10.4. The summed E-state index contributed by atoms with van der Waals surface area (Å²) in [5.41, 5.74) is 6.22. The van der Waals surface area contributed by atoms with Crippen LogP contribution < -0.4 is 11.1 Å². The summed E-state index contributed by atoms with van der Waals surface area (Å²) >= 11 is 0. The Kier molecular flexibility index (Phi) is 3.36. The molecule has 1 heterocycles. The van der Waals surface area contributed by atoms with Gasteiger partial charge in [-0.3, -0.25) is 9.48 Å². The van der Waals surface area contributed by atoms with E-state index in [4.69, 9.17) is 5.73 Å². The third-order valence-corrected chi connectivity index (χ3v) is 3.79. The van der Waals surface area contributed by atoms with Gasteiger partial charge in [-0.1, -0.05) is 19.8 Å². The molecule has 0 bridgehead atoms. The molecular weight excluding hydrogens is 216 g/mol. The van der Waals surface area contributed by atoms with Gasteiger partial charge in [0.15, 0.2) is 0 Å². The molecule has 3 N–H and O–H groups in total. The molecule has 5 nitrogen and oxygen atoms in total. The highest BCUT2D eigenvalue weighted by atomic mass is 16.1. The van der Waals surface area contributed by atoms with E-state index in [0.29, 0.717) is 23.2 Å². The van der Waals surface area contributed by atoms with Gasteiger partial charge >= 0.3 is 0 Å². The maximum Gasteiger partial charge on any atom is 0.256 e. The number of nitrogen functional groups attached to an aromatic ring is 1. The number of amides is 1. The largest absolute Gasteiger partial charge is 0.383 e. The number of rotatable bonds is 3. The van der Waals surface area contributed by atoms with Crippen LogP contribution in [-0.2, 0) is 7.05 Å². The Bertz CT molecular complexity index is 413. The quantitative estimate of drug-likeness (QED) is 0.827. The first-order chi connectivity index (χ1) is 8.09. The second-order valence-electron chi connectivity index (χ2n) is 4.95. The van der Waals surface area contributed by atoms with Crippen molar-refractivity contribution >= 4 is 11.7 Å². The van der Waals surface area contributed by atoms with Crippen LogP contribution >= 0.6 is 0 Å². The molecule has 0 aromatic carbocycles. The Morgan fingerprint density at radius 3 is 2.94 bits per heavy atom. The zero-order chi connectivity index (χ0) is 12.4. The van der Waals surface area contributed by atoms with Crippen molar-refractivity contribution in [2.24, 2.45) is 18.9 Å². The number of hydrogen-bond acceptors (Lipinski definition) is 3. The van der Waals surface area contributed by atoms with Crippen molar-refractivity contribution in [3.05, 3.63) is 11.8 Å². The Balaban J connectivity index is 1.91. The fraction of sp³-hybridized carbons (Fsp3) is 0.667. The smallest absolute Gasteiger partial charge is 0.256 e. The van der Waals surface area contributed by atoms with Crippen molar-refractivity contribution in [1.29, 1.82) is 0 Å². The Morgan fingerprint density at radius 2 is 2.41 bits per heavy atom. The second-order valence-corrected chi connectivity index (χ2v) is 4.95. The lowest BCUT2D eigenvalue weighted by Gasteiger charge is -2.15. The van der Waals surface area contributed by atoms with E-state index in [-0.39, 0.29) is 5.91 Å². The number of nitrogens with two attached hydrogens (primary N) is 1. The van der Waals surface area contributed by atoms with Crippen molar-refractivity contribution in [2.75, 3.05) is 12.3 Å². The summed E-state index contributed by atoms with van der Waals surface area (Å²) in [5, 5.41) is 6.92. The third kappa shape index (κ3) is 2.43. The number of carbonyl (C=O) groups excluding carboxylic acids is 1. The van der Waals surface area contributed by atoms with Gasteiger partial charge in [-0.15, -0.1) is 0 Å². The van der Waals surface area contributed by atoms with Gasteiger partial charge < -0.3 is 11.1 Å². The van der Waals surface area contributed by atoms with Gasteiger partial charge in [-0.25, -0.2) is 0 Å². The van der Waals surface area contributed by atoms with Gasteiger partial charge in [-0.2, -0.15) is 5.10 Å². The highest BCUT2D eigenvalue weighted by Crippen LogP contribution is 2.30. The summed E-state index contributed by atoms with van der Waals surface area (Å²) in [6, 6.07) is 0. The van der Waals surface area contributed by atoms with Crippen molar-refractivity contribution in [1.82, 2.24) is 15.1 Å². The molecule has 1 aromatic heterocycles. The molecule has 0 radical (unpaired) electrons. The molecule has 1 aliphatic carbocycles. The standard InChI is InChI=1S/C12H20N4O/c1-8-4-3-5-9(8)6-14-12(17)10-7-15-16(2)11(10)13/h7-9H,3-6,13H2,1-2H3,(H,14,17). The number of carbonyl (C=O) groups is 1. The van der Waals surface area contributed by atoms with E-state index >= 15 is 0 Å². The van der Waals surface area contributed by atoms with E-state index < -0.39 is 0 Å². The summed E-state index contributed by atoms with van der Waals surface area (Å²) in [4.78, 5) is 11.9. The molecule has 1 aliphatic rings. The lowest BCUT2D eigenvalue weighted by atomic mass is 9.98. The molecule has 0 saturated heterocycles. The van der Waals surface area contributed by atoms with Gasteiger partial charge in [0.05, 0.1) is 6.20 Å². The first-order valence-corrected chi connectivity index (χ1v) is 6.15. The third-order valence-electron chi connectivity index (χ3n) is 3.79. The van der Waals surface area contributed by atoms with Crippen molar-refractivity contribution < 1.29 is 4.79 Å². The van der Waals surface area contributed by atoms with Crippen molar-refractivity contribution in [3.8, 4) is 0 Å². The van der Waals surface area contributed by atoms with E-state index in [1.165, 1.54) is 30.1 Å². The van der Waals surface area contributed by atoms with Crippen molar-refractivity contribution in [3.63, 3.8) is 0 Å². The second kappa shape index (κ2) is 4.77. The molecule has 1 saturated carbocycles. The SMILES string of the molecule is CC1CCCC1CNC(=O)c1cnn(C)c1N. The Hall–Kier alpha value is -1.52. The van der Waals surface area contributed by atoms with Crippen molar-refractivity contribution in [2.45, 2.75) is 26.2 Å². The van der Waals surface area contributed by atoms with E-state index in [1.54, 1.807) is 7.05 Å². The molecule has 1 aromatic rings. The summed E-state index contributed by atoms with van der Waals surface area (Å²) in [7, 11) is 1.73. The Labute approximate surface area is 101 Å². The number of nitrogens with zero attached hydrogens (tertiary/aromatic N) is 2. The van der Waals surface area contributed by atoms with E-state index in [2.05, 4.69) is 17.3 Å². The molecular formula is C12H20N4O. The minimum absolute atomic E-state index is 0.116. The zero-order valence-electron chi connectivity index (χ0n) is 10.4. The summed E-state index contributed by atoms with van der Waals surface area (Å²) in [6.45, 7) is 3.00. The van der Waals surface area contributed by atoms with Crippen LogP contribution in [0.2, 0.25) is 0 Å². The van der Waals surface area contributed by atoms with Crippen LogP contribution in [0.25, 0.3) is 0 Å². The highest BCUT2D eigenvalue weighted by Gasteiger charge is 2.24. The molecule has 1 amide bonds. The number of nitrogens with one attached hydrogen (secondary N) is 1. The number of hydrogen-bond donors (Lipinski definition) is 2. The molecule has 2 unspecified atom stereocenters. The molecule has 94 valence electrons. The van der Waals surface area contributed by atoms with Gasteiger partial charge in [0.2, 0.25) is 0 Å². The van der Waals surface area contributed by atoms with Crippen LogP contribution in [0.1, 0.15) is 36.5 Å². The van der Waals surface area contributed by atoms with Gasteiger partial charge in [0, 0.05) is 13.6 Å². The molecule has 17 heavy (non-hydrogen) atoms. The number of aromatic nitrogens is 2. The van der Waals surface area contributed by atoms with Crippen LogP contribution in [0.15, 0.2) is 6.20 Å². The van der Waals surface area contributed by atoms with E-state index in [0.717, 1.165) is 6.54 Å². The molecule has 0 aliphatic heterocycles. The average molecular weight is 236 g/mol. The maximum absolute atomic E-state index is 11.9. The fourth-order valence-electron chi connectivity index (χ4n) is 2.47. The van der Waals surface area contributed by atoms with Crippen LogP contribution in [0.4, 0.5) is 5.82 Å². The van der Waals surface area contributed by atoms with Crippen LogP contribution in [0.5, 0.6) is 0 Å². The summed E-state index contributed by atoms with van der Waals surface area (Å²) in [5.74, 6) is 1.62. The van der Waals surface area contributed by atoms with Crippen LogP contribution in [0, 0.1) is 11.8 Å². The average Bonchev–Trinajstić information content (AvgIpc) is 2.84. The molecule has 5 heteroatoms. The minimum Gasteiger partial charge on any atom is -0.383 e. The molecule has 0 spiro atoms. The summed E-state index contributed by atoms with van der Waals surface area (Å²) in [6.07, 6.45) is 5.28. The summed E-state index contributed by atoms with van der Waals surface area (Å²) < 4.78 is 1.51. The first-order valence-electron chi connectivity index (χ1n) is 6.15. The first kappa shape index (κ1) is 12.0. The van der Waals surface area contributed by atoms with Gasteiger partial charge in [0.25, 0.3) is 5.91 Å². The monoisotopic (exact) mass is 236 g/mol. The van der Waals surface area contributed by atoms with Gasteiger partial charge in [-0.05, 0) is 18.3 Å². The lowest BCUT2D eigenvalue weighted by Crippen LogP contribution is -2.30. The van der Waals surface area contributed by atoms with E-state index in [9.17, 15) is 4.79 Å². The van der Waals surface area contributed by atoms with Gasteiger partial charge in [0.1, 0.15) is 11.4 Å². The van der Waals surface area contributed by atoms with E-state index in [1.807, 2.05) is 0 Å². The van der Waals surface area contributed by atoms with Crippen LogP contribution in [-0.4, -0.2) is 22.2 Å². The molecule has 2 rings (SSSR count). The number of aryl methyl sites for hydroxylation is 1. The molecule has 2 atom stereocenters. The minimum atomic E-state index is -0.116.